The summed E-state index contributed by atoms with van der Waals surface area (Å²) in [6.45, 7) is 0.525. The van der Waals surface area contributed by atoms with Crippen LogP contribution >= 0.6 is 0 Å². The summed E-state index contributed by atoms with van der Waals surface area (Å²) in [5.74, 6) is 0.246. The van der Waals surface area contributed by atoms with Crippen LogP contribution in [0.1, 0.15) is 25.7 Å². The van der Waals surface area contributed by atoms with Crippen LogP contribution in [-0.2, 0) is 4.79 Å². The van der Waals surface area contributed by atoms with Crippen LogP contribution in [0.3, 0.4) is 0 Å². The summed E-state index contributed by atoms with van der Waals surface area (Å²) in [5.41, 5.74) is 5.99. The molecule has 2 atom stereocenters. The molecule has 0 saturated heterocycles. The Hall–Kier alpha value is -1.34. The Balaban J connectivity index is 1.99. The molecule has 16 heavy (non-hydrogen) atoms. The summed E-state index contributed by atoms with van der Waals surface area (Å²) in [5, 5.41) is 8.90. The Labute approximate surface area is 95.7 Å². The molecular weight excluding hydrogens is 202 g/mol. The van der Waals surface area contributed by atoms with Crippen molar-refractivity contribution < 1.29 is 4.79 Å². The maximum Gasteiger partial charge on any atom is 0.241 e. The molecule has 1 unspecified atom stereocenters. The van der Waals surface area contributed by atoms with Crippen molar-refractivity contribution in [3.8, 4) is 6.07 Å². The van der Waals surface area contributed by atoms with Crippen molar-refractivity contribution in [2.45, 2.75) is 37.8 Å². The van der Waals surface area contributed by atoms with E-state index < -0.39 is 12.1 Å². The van der Waals surface area contributed by atoms with Gasteiger partial charge in [0, 0.05) is 6.54 Å². The normalized spacial score (nSPS) is 27.0. The topological polar surface area (TPSA) is 70.1 Å². The van der Waals surface area contributed by atoms with Gasteiger partial charge >= 0.3 is 0 Å². The van der Waals surface area contributed by atoms with E-state index in [1.54, 1.807) is 11.0 Å². The number of amides is 1. The third-order valence-electron chi connectivity index (χ3n) is 3.56. The van der Waals surface area contributed by atoms with Crippen LogP contribution in [0.15, 0.2) is 12.2 Å². The molecule has 0 radical (unpaired) electrons. The van der Waals surface area contributed by atoms with E-state index in [1.807, 2.05) is 6.08 Å². The van der Waals surface area contributed by atoms with Crippen molar-refractivity contribution >= 4 is 5.91 Å². The molecule has 1 aliphatic carbocycles. The average Bonchev–Trinajstić information content (AvgIpc) is 2.97. The van der Waals surface area contributed by atoms with Crippen molar-refractivity contribution in [2.75, 3.05) is 6.54 Å². The Bertz CT molecular complexity index is 339. The Morgan fingerprint density at radius 2 is 2.19 bits per heavy atom. The average molecular weight is 219 g/mol. The van der Waals surface area contributed by atoms with Crippen molar-refractivity contribution in [3.05, 3.63) is 12.2 Å². The van der Waals surface area contributed by atoms with Gasteiger partial charge in [-0.1, -0.05) is 18.9 Å². The van der Waals surface area contributed by atoms with Gasteiger partial charge in [-0.15, -0.1) is 0 Å². The van der Waals surface area contributed by atoms with E-state index in [2.05, 4.69) is 6.07 Å². The summed E-state index contributed by atoms with van der Waals surface area (Å²) >= 11 is 0. The molecule has 0 aromatic heterocycles. The van der Waals surface area contributed by atoms with Crippen LogP contribution in [0.2, 0.25) is 0 Å². The first kappa shape index (κ1) is 11.2. The third kappa shape index (κ3) is 1.96. The summed E-state index contributed by atoms with van der Waals surface area (Å²) < 4.78 is 0. The minimum atomic E-state index is -0.418. The minimum absolute atomic E-state index is 0.0662. The zero-order chi connectivity index (χ0) is 11.5. The van der Waals surface area contributed by atoms with Gasteiger partial charge in [-0.25, -0.2) is 0 Å². The van der Waals surface area contributed by atoms with Crippen LogP contribution < -0.4 is 5.73 Å². The van der Waals surface area contributed by atoms with Gasteiger partial charge in [-0.2, -0.15) is 5.26 Å². The monoisotopic (exact) mass is 219 g/mol. The van der Waals surface area contributed by atoms with Gasteiger partial charge in [-0.3, -0.25) is 4.79 Å². The van der Waals surface area contributed by atoms with E-state index in [-0.39, 0.29) is 5.91 Å². The number of carbonyl (C=O) groups is 1. The quantitative estimate of drug-likeness (QED) is 0.698. The van der Waals surface area contributed by atoms with Crippen LogP contribution in [0.5, 0.6) is 0 Å². The lowest BCUT2D eigenvalue weighted by Gasteiger charge is -2.26. The molecule has 0 spiro atoms. The summed E-state index contributed by atoms with van der Waals surface area (Å²) in [6, 6.07) is 1.27. The molecule has 86 valence electrons. The van der Waals surface area contributed by atoms with Crippen molar-refractivity contribution in [1.82, 2.24) is 4.90 Å². The number of carbonyl (C=O) groups excluding carboxylic acids is 1. The molecule has 1 heterocycles. The molecule has 4 heteroatoms. The van der Waals surface area contributed by atoms with Crippen LogP contribution in [0, 0.1) is 17.2 Å². The van der Waals surface area contributed by atoms with Crippen LogP contribution in [0.4, 0.5) is 0 Å². The minimum Gasteiger partial charge on any atom is -0.320 e. The van der Waals surface area contributed by atoms with Crippen molar-refractivity contribution in [2.24, 2.45) is 11.7 Å². The summed E-state index contributed by atoms with van der Waals surface area (Å²) in [7, 11) is 0. The smallest absolute Gasteiger partial charge is 0.241 e. The molecule has 2 aliphatic rings. The molecular formula is C12H17N3O. The Morgan fingerprint density at radius 1 is 1.50 bits per heavy atom. The molecule has 2 rings (SSSR count). The highest BCUT2D eigenvalue weighted by atomic mass is 16.2. The number of nitriles is 1. The molecule has 4 nitrogen and oxygen atoms in total. The highest BCUT2D eigenvalue weighted by Gasteiger charge is 2.33. The van der Waals surface area contributed by atoms with Crippen LogP contribution in [0.25, 0.3) is 0 Å². The van der Waals surface area contributed by atoms with Crippen molar-refractivity contribution in [3.63, 3.8) is 0 Å². The van der Waals surface area contributed by atoms with Crippen LogP contribution in [-0.4, -0.2) is 29.4 Å². The molecule has 2 N–H and O–H groups in total. The van der Waals surface area contributed by atoms with E-state index >= 15 is 0 Å². The first-order chi connectivity index (χ1) is 7.74. The standard InChI is InChI=1S/C12H17N3O/c13-8-10-6-3-7-15(10)12(16)11(14)9-4-1-2-5-9/h3,6,9-11H,1-2,4-5,7,14H2/t10-,11?/m0/s1. The van der Waals surface area contributed by atoms with Gasteiger partial charge in [0.25, 0.3) is 0 Å². The third-order valence-corrected chi connectivity index (χ3v) is 3.56. The number of nitrogens with zero attached hydrogens (tertiary/aromatic N) is 2. The molecule has 0 aromatic rings. The largest absolute Gasteiger partial charge is 0.320 e. The number of rotatable bonds is 2. The van der Waals surface area contributed by atoms with Gasteiger partial charge in [0.15, 0.2) is 0 Å². The fourth-order valence-corrected chi connectivity index (χ4v) is 2.57. The zero-order valence-corrected chi connectivity index (χ0v) is 9.30. The fourth-order valence-electron chi connectivity index (χ4n) is 2.57. The van der Waals surface area contributed by atoms with Gasteiger partial charge in [0.2, 0.25) is 5.91 Å². The fraction of sp³-hybridized carbons (Fsp3) is 0.667. The predicted molar refractivity (Wildman–Crippen MR) is 60.2 cm³/mol. The molecule has 1 amide bonds. The second-order valence-electron chi connectivity index (χ2n) is 4.56. The van der Waals surface area contributed by atoms with Crippen molar-refractivity contribution in [1.29, 1.82) is 5.26 Å². The first-order valence-electron chi connectivity index (χ1n) is 5.86. The molecule has 1 aliphatic heterocycles. The molecule has 1 saturated carbocycles. The Kier molecular flexibility index (Phi) is 3.25. The van der Waals surface area contributed by atoms with E-state index in [0.717, 1.165) is 12.8 Å². The van der Waals surface area contributed by atoms with Gasteiger partial charge in [0.05, 0.1) is 12.1 Å². The van der Waals surface area contributed by atoms with Gasteiger partial charge < -0.3 is 10.6 Å². The second-order valence-corrected chi connectivity index (χ2v) is 4.56. The van der Waals surface area contributed by atoms with E-state index in [4.69, 9.17) is 11.0 Å². The highest BCUT2D eigenvalue weighted by molar-refractivity contribution is 5.83. The second kappa shape index (κ2) is 4.67. The lowest BCUT2D eigenvalue weighted by molar-refractivity contribution is -0.133. The maximum absolute atomic E-state index is 12.1. The van der Waals surface area contributed by atoms with Gasteiger partial charge in [-0.05, 0) is 24.8 Å². The van der Waals surface area contributed by atoms with Gasteiger partial charge in [0.1, 0.15) is 6.04 Å². The highest BCUT2D eigenvalue weighted by Crippen LogP contribution is 2.28. The zero-order valence-electron chi connectivity index (χ0n) is 9.30. The summed E-state index contributed by atoms with van der Waals surface area (Å²) in [6.07, 6.45) is 8.06. The maximum atomic E-state index is 12.1. The van der Waals surface area contributed by atoms with E-state index in [1.165, 1.54) is 12.8 Å². The Morgan fingerprint density at radius 3 is 2.81 bits per heavy atom. The SMILES string of the molecule is N#C[C@@H]1C=CCN1C(=O)C(N)C1CCCC1. The summed E-state index contributed by atoms with van der Waals surface area (Å²) in [4.78, 5) is 13.7. The first-order valence-corrected chi connectivity index (χ1v) is 5.86. The lowest BCUT2D eigenvalue weighted by atomic mass is 9.97. The predicted octanol–water partition coefficient (Wildman–Crippen LogP) is 0.794. The molecule has 0 bridgehead atoms. The molecule has 1 fully saturated rings. The number of nitrogens with two attached hydrogens (primary N) is 1. The number of hydrogen-bond donors (Lipinski definition) is 1. The van der Waals surface area contributed by atoms with E-state index in [9.17, 15) is 4.79 Å². The lowest BCUT2D eigenvalue weighted by Crippen LogP contribution is -2.48. The van der Waals surface area contributed by atoms with E-state index in [0.29, 0.717) is 12.5 Å². The molecule has 0 aromatic carbocycles. The number of hydrogen-bond acceptors (Lipinski definition) is 3.